The van der Waals surface area contributed by atoms with Gasteiger partial charge in [-0.3, -0.25) is 4.79 Å². The molecule has 0 spiro atoms. The zero-order valence-electron chi connectivity index (χ0n) is 14.0. The maximum atomic E-state index is 12.4. The van der Waals surface area contributed by atoms with E-state index in [-0.39, 0.29) is 17.9 Å². The maximum Gasteiger partial charge on any atom is 0.223 e. The van der Waals surface area contributed by atoms with Gasteiger partial charge >= 0.3 is 0 Å². The smallest absolute Gasteiger partial charge is 0.223 e. The van der Waals surface area contributed by atoms with Gasteiger partial charge in [0.25, 0.3) is 0 Å². The molecule has 0 saturated carbocycles. The van der Waals surface area contributed by atoms with E-state index in [4.69, 9.17) is 0 Å². The number of hydrogen-bond donors (Lipinski definition) is 1. The van der Waals surface area contributed by atoms with Crippen LogP contribution in [0.25, 0.3) is 0 Å². The van der Waals surface area contributed by atoms with Gasteiger partial charge in [-0.15, -0.1) is 6.58 Å². The minimum atomic E-state index is -0.0586. The summed E-state index contributed by atoms with van der Waals surface area (Å²) in [6.45, 7) is 7.73. The summed E-state index contributed by atoms with van der Waals surface area (Å²) in [5.41, 5.74) is 3.60. The van der Waals surface area contributed by atoms with Crippen molar-refractivity contribution in [1.82, 2.24) is 5.32 Å². The number of amides is 1. The fourth-order valence-electron chi connectivity index (χ4n) is 2.57. The summed E-state index contributed by atoms with van der Waals surface area (Å²) in [5, 5.41) is 3.19. The SMILES string of the molecule is C=CCC(C)C(=O)N[C@@H](Cc1ccc(C)cc1)c1ccccc1. The third-order valence-corrected chi connectivity index (χ3v) is 4.05. The van der Waals surface area contributed by atoms with Gasteiger partial charge in [-0.1, -0.05) is 73.2 Å². The number of benzene rings is 2. The predicted molar refractivity (Wildman–Crippen MR) is 96.2 cm³/mol. The average molecular weight is 307 g/mol. The predicted octanol–water partition coefficient (Wildman–Crippen LogP) is 4.61. The lowest BCUT2D eigenvalue weighted by atomic mass is 9.97. The Morgan fingerprint density at radius 3 is 2.39 bits per heavy atom. The van der Waals surface area contributed by atoms with Crippen LogP contribution in [0.5, 0.6) is 0 Å². The third-order valence-electron chi connectivity index (χ3n) is 4.05. The van der Waals surface area contributed by atoms with Gasteiger partial charge in [-0.05, 0) is 30.9 Å². The number of carbonyl (C=O) groups is 1. The summed E-state index contributed by atoms with van der Waals surface area (Å²) in [5.74, 6) is 0.0163. The lowest BCUT2D eigenvalue weighted by molar-refractivity contribution is -0.125. The van der Waals surface area contributed by atoms with Gasteiger partial charge in [0.05, 0.1) is 6.04 Å². The highest BCUT2D eigenvalue weighted by Gasteiger charge is 2.18. The van der Waals surface area contributed by atoms with Crippen LogP contribution >= 0.6 is 0 Å². The number of aryl methyl sites for hydroxylation is 1. The second kappa shape index (κ2) is 8.33. The molecule has 0 fully saturated rings. The van der Waals surface area contributed by atoms with Crippen molar-refractivity contribution in [3.05, 3.63) is 83.9 Å². The molecule has 0 aliphatic rings. The van der Waals surface area contributed by atoms with Crippen molar-refractivity contribution in [1.29, 1.82) is 0 Å². The van der Waals surface area contributed by atoms with Crippen molar-refractivity contribution in [3.63, 3.8) is 0 Å². The summed E-state index contributed by atoms with van der Waals surface area (Å²) in [6, 6.07) is 18.6. The molecular formula is C21H25NO. The van der Waals surface area contributed by atoms with Crippen molar-refractivity contribution in [2.75, 3.05) is 0 Å². The monoisotopic (exact) mass is 307 g/mol. The molecule has 2 aromatic rings. The van der Waals surface area contributed by atoms with Crippen LogP contribution in [0.4, 0.5) is 0 Å². The Balaban J connectivity index is 2.17. The van der Waals surface area contributed by atoms with Crippen LogP contribution in [0, 0.1) is 12.8 Å². The first kappa shape index (κ1) is 17.0. The first-order valence-electron chi connectivity index (χ1n) is 8.12. The Morgan fingerprint density at radius 1 is 1.13 bits per heavy atom. The van der Waals surface area contributed by atoms with Crippen molar-refractivity contribution >= 4 is 5.91 Å². The highest BCUT2D eigenvalue weighted by atomic mass is 16.1. The summed E-state index contributed by atoms with van der Waals surface area (Å²) in [7, 11) is 0. The number of nitrogens with one attached hydrogen (secondary N) is 1. The van der Waals surface area contributed by atoms with Crippen LogP contribution in [-0.2, 0) is 11.2 Å². The van der Waals surface area contributed by atoms with Crippen LogP contribution in [-0.4, -0.2) is 5.91 Å². The Bertz CT molecular complexity index is 631. The van der Waals surface area contributed by atoms with Crippen LogP contribution < -0.4 is 5.32 Å². The standard InChI is InChI=1S/C21H25NO/c1-4-8-17(3)21(23)22-20(19-9-6-5-7-10-19)15-18-13-11-16(2)12-14-18/h4-7,9-14,17,20H,1,8,15H2,2-3H3,(H,22,23)/t17?,20-/m0/s1. The Labute approximate surface area is 139 Å². The largest absolute Gasteiger partial charge is 0.349 e. The number of rotatable bonds is 7. The molecular weight excluding hydrogens is 282 g/mol. The summed E-state index contributed by atoms with van der Waals surface area (Å²) in [6.07, 6.45) is 3.27. The highest BCUT2D eigenvalue weighted by molar-refractivity contribution is 5.79. The van der Waals surface area contributed by atoms with Crippen molar-refractivity contribution in [2.45, 2.75) is 32.7 Å². The number of allylic oxidation sites excluding steroid dienone is 1. The highest BCUT2D eigenvalue weighted by Crippen LogP contribution is 2.20. The van der Waals surface area contributed by atoms with Gasteiger partial charge in [0, 0.05) is 5.92 Å². The molecule has 2 heteroatoms. The fourth-order valence-corrected chi connectivity index (χ4v) is 2.57. The molecule has 2 rings (SSSR count). The van der Waals surface area contributed by atoms with E-state index >= 15 is 0 Å². The van der Waals surface area contributed by atoms with E-state index in [1.807, 2.05) is 25.1 Å². The molecule has 0 aliphatic carbocycles. The van der Waals surface area contributed by atoms with Crippen LogP contribution in [0.2, 0.25) is 0 Å². The van der Waals surface area contributed by atoms with Crippen LogP contribution in [0.3, 0.4) is 0 Å². The van der Waals surface area contributed by atoms with E-state index < -0.39 is 0 Å². The quantitative estimate of drug-likeness (QED) is 0.744. The number of carbonyl (C=O) groups excluding carboxylic acids is 1. The van der Waals surface area contributed by atoms with Crippen molar-refractivity contribution < 1.29 is 4.79 Å². The zero-order valence-corrected chi connectivity index (χ0v) is 14.0. The third kappa shape index (κ3) is 5.10. The van der Waals surface area contributed by atoms with Gasteiger partial charge in [0.1, 0.15) is 0 Å². The fraction of sp³-hybridized carbons (Fsp3) is 0.286. The Hall–Kier alpha value is -2.35. The molecule has 2 aromatic carbocycles. The summed E-state index contributed by atoms with van der Waals surface area (Å²) in [4.78, 5) is 12.4. The first-order chi connectivity index (χ1) is 11.1. The summed E-state index contributed by atoms with van der Waals surface area (Å²) >= 11 is 0. The minimum absolute atomic E-state index is 0.0151. The maximum absolute atomic E-state index is 12.4. The molecule has 2 atom stereocenters. The van der Waals surface area contributed by atoms with E-state index in [1.54, 1.807) is 6.08 Å². The van der Waals surface area contributed by atoms with Crippen LogP contribution in [0.15, 0.2) is 67.3 Å². The molecule has 1 unspecified atom stereocenters. The molecule has 0 radical (unpaired) electrons. The van der Waals surface area contributed by atoms with E-state index in [1.165, 1.54) is 11.1 Å². The van der Waals surface area contributed by atoms with E-state index in [0.29, 0.717) is 6.42 Å². The molecule has 0 bridgehead atoms. The Kier molecular flexibility index (Phi) is 6.16. The molecule has 2 nitrogen and oxygen atoms in total. The molecule has 1 N–H and O–H groups in total. The van der Waals surface area contributed by atoms with Gasteiger partial charge in [-0.25, -0.2) is 0 Å². The lowest BCUT2D eigenvalue weighted by Gasteiger charge is -2.21. The van der Waals surface area contributed by atoms with Gasteiger partial charge in [-0.2, -0.15) is 0 Å². The molecule has 120 valence electrons. The molecule has 1 amide bonds. The normalized spacial score (nSPS) is 13.1. The first-order valence-corrected chi connectivity index (χ1v) is 8.12. The van der Waals surface area contributed by atoms with Gasteiger partial charge in [0.15, 0.2) is 0 Å². The number of hydrogen-bond acceptors (Lipinski definition) is 1. The average Bonchev–Trinajstić information content (AvgIpc) is 2.57. The molecule has 0 saturated heterocycles. The minimum Gasteiger partial charge on any atom is -0.349 e. The second-order valence-electron chi connectivity index (χ2n) is 6.09. The van der Waals surface area contributed by atoms with Gasteiger partial charge in [0.2, 0.25) is 5.91 Å². The molecule has 23 heavy (non-hydrogen) atoms. The molecule has 0 aromatic heterocycles. The lowest BCUT2D eigenvalue weighted by Crippen LogP contribution is -2.33. The topological polar surface area (TPSA) is 29.1 Å². The van der Waals surface area contributed by atoms with E-state index in [0.717, 1.165) is 12.0 Å². The van der Waals surface area contributed by atoms with E-state index in [9.17, 15) is 4.79 Å². The summed E-state index contributed by atoms with van der Waals surface area (Å²) < 4.78 is 0. The zero-order chi connectivity index (χ0) is 16.7. The van der Waals surface area contributed by atoms with Gasteiger partial charge < -0.3 is 5.32 Å². The molecule has 0 aliphatic heterocycles. The molecule has 0 heterocycles. The Morgan fingerprint density at radius 2 is 1.78 bits per heavy atom. The van der Waals surface area contributed by atoms with Crippen LogP contribution in [0.1, 0.15) is 36.1 Å². The van der Waals surface area contributed by atoms with Crippen molar-refractivity contribution in [2.24, 2.45) is 5.92 Å². The van der Waals surface area contributed by atoms with E-state index in [2.05, 4.69) is 55.2 Å². The second-order valence-corrected chi connectivity index (χ2v) is 6.09. The van der Waals surface area contributed by atoms with Crippen molar-refractivity contribution in [3.8, 4) is 0 Å².